The Hall–Kier alpha value is -0.940. The van der Waals surface area contributed by atoms with Crippen LogP contribution in [0.2, 0.25) is 0 Å². The van der Waals surface area contributed by atoms with Gasteiger partial charge in [0.15, 0.2) is 15.8 Å². The van der Waals surface area contributed by atoms with Crippen molar-refractivity contribution in [1.29, 1.82) is 0 Å². The zero-order valence-corrected chi connectivity index (χ0v) is 14.7. The van der Waals surface area contributed by atoms with Crippen molar-refractivity contribution in [3.63, 3.8) is 0 Å². The fraction of sp³-hybridized carbons (Fsp3) is 0.182. The van der Waals surface area contributed by atoms with Gasteiger partial charge in [0, 0.05) is 23.0 Å². The van der Waals surface area contributed by atoms with Crippen LogP contribution >= 0.6 is 38.6 Å². The first-order valence-electron chi connectivity index (χ1n) is 5.92. The molecule has 112 valence electrons. The number of halogens is 1. The number of nitrogens with zero attached hydrogens (tertiary/aromatic N) is 2. The van der Waals surface area contributed by atoms with Gasteiger partial charge in [0.25, 0.3) is 10.0 Å². The SMILES string of the molecule is Nc1nc2sccn2c1S(=O)(=O)NCCc1ccc(Br)s1. The Morgan fingerprint density at radius 3 is 2.95 bits per heavy atom. The van der Waals surface area contributed by atoms with Gasteiger partial charge >= 0.3 is 0 Å². The highest BCUT2D eigenvalue weighted by Crippen LogP contribution is 2.24. The molecular weight excluding hydrogens is 396 g/mol. The van der Waals surface area contributed by atoms with Crippen LogP contribution in [0.15, 0.2) is 32.5 Å². The third-order valence-corrected chi connectivity index (χ3v) is 6.73. The van der Waals surface area contributed by atoms with Gasteiger partial charge in [-0.25, -0.2) is 18.1 Å². The summed E-state index contributed by atoms with van der Waals surface area (Å²) in [6.45, 7) is 0.312. The van der Waals surface area contributed by atoms with Crippen LogP contribution in [0.4, 0.5) is 5.82 Å². The quantitative estimate of drug-likeness (QED) is 0.680. The van der Waals surface area contributed by atoms with Crippen LogP contribution in [0.1, 0.15) is 4.88 Å². The molecule has 0 saturated heterocycles. The van der Waals surface area contributed by atoms with E-state index in [1.54, 1.807) is 22.9 Å². The number of nitrogens with two attached hydrogens (primary N) is 1. The molecule has 3 N–H and O–H groups in total. The minimum atomic E-state index is -3.68. The number of nitrogen functional groups attached to an aromatic ring is 1. The second-order valence-electron chi connectivity index (χ2n) is 4.21. The summed E-state index contributed by atoms with van der Waals surface area (Å²) in [7, 11) is -3.68. The standard InChI is InChI=1S/C11H11BrN4O2S3/c12-8-2-1-7(20-8)3-4-14-21(17,18)10-9(13)15-11-16(10)5-6-19-11/h1-2,5-6,14H,3-4,13H2. The van der Waals surface area contributed by atoms with E-state index < -0.39 is 10.0 Å². The molecule has 0 atom stereocenters. The average Bonchev–Trinajstić information content (AvgIpc) is 3.04. The fourth-order valence-electron chi connectivity index (χ4n) is 1.91. The lowest BCUT2D eigenvalue weighted by Gasteiger charge is -2.05. The number of aromatic nitrogens is 2. The lowest BCUT2D eigenvalue weighted by atomic mass is 10.3. The summed E-state index contributed by atoms with van der Waals surface area (Å²) < 4.78 is 29.8. The van der Waals surface area contributed by atoms with Gasteiger partial charge in [-0.05, 0) is 34.5 Å². The third-order valence-electron chi connectivity index (χ3n) is 2.79. The molecule has 0 amide bonds. The maximum absolute atomic E-state index is 12.4. The first-order valence-corrected chi connectivity index (χ1v) is 9.89. The topological polar surface area (TPSA) is 89.5 Å². The van der Waals surface area contributed by atoms with Crippen molar-refractivity contribution in [1.82, 2.24) is 14.1 Å². The number of hydrogen-bond acceptors (Lipinski definition) is 6. The summed E-state index contributed by atoms with van der Waals surface area (Å²) >= 11 is 6.30. The molecule has 6 nitrogen and oxygen atoms in total. The molecule has 3 aromatic rings. The Balaban J connectivity index is 1.77. The van der Waals surface area contributed by atoms with E-state index in [0.717, 1.165) is 8.66 Å². The van der Waals surface area contributed by atoms with E-state index in [9.17, 15) is 8.42 Å². The first-order chi connectivity index (χ1) is 9.97. The van der Waals surface area contributed by atoms with Crippen LogP contribution in [0.3, 0.4) is 0 Å². The van der Waals surface area contributed by atoms with E-state index in [-0.39, 0.29) is 10.8 Å². The highest BCUT2D eigenvalue weighted by Gasteiger charge is 2.24. The Labute approximate surface area is 137 Å². The van der Waals surface area contributed by atoms with Crippen molar-refractivity contribution in [2.45, 2.75) is 11.4 Å². The van der Waals surface area contributed by atoms with Crippen LogP contribution in [0.5, 0.6) is 0 Å². The number of thiophene rings is 1. The van der Waals surface area contributed by atoms with Gasteiger partial charge in [-0.1, -0.05) is 0 Å². The number of thiazole rings is 1. The van der Waals surface area contributed by atoms with Gasteiger partial charge in [0.1, 0.15) is 0 Å². The molecule has 3 aromatic heterocycles. The summed E-state index contributed by atoms with van der Waals surface area (Å²) in [5.41, 5.74) is 5.72. The Morgan fingerprint density at radius 1 is 1.43 bits per heavy atom. The highest BCUT2D eigenvalue weighted by molar-refractivity contribution is 9.11. The molecule has 0 fully saturated rings. The zero-order valence-electron chi connectivity index (χ0n) is 10.6. The van der Waals surface area contributed by atoms with Gasteiger partial charge < -0.3 is 5.73 Å². The maximum Gasteiger partial charge on any atom is 0.260 e. The largest absolute Gasteiger partial charge is 0.381 e. The number of nitrogens with one attached hydrogen (secondary N) is 1. The minimum absolute atomic E-state index is 0.00566. The van der Waals surface area contributed by atoms with Crippen LogP contribution in [0, 0.1) is 0 Å². The Kier molecular flexibility index (Phi) is 4.06. The molecule has 0 radical (unpaired) electrons. The van der Waals surface area contributed by atoms with E-state index in [1.807, 2.05) is 12.1 Å². The Bertz CT molecular complexity index is 880. The molecule has 0 aromatic carbocycles. The number of imidazole rings is 1. The summed E-state index contributed by atoms with van der Waals surface area (Å²) in [6.07, 6.45) is 2.27. The van der Waals surface area contributed by atoms with Crippen LogP contribution in [0.25, 0.3) is 4.96 Å². The number of anilines is 1. The van der Waals surface area contributed by atoms with Crippen molar-refractivity contribution < 1.29 is 8.42 Å². The lowest BCUT2D eigenvalue weighted by Crippen LogP contribution is -2.27. The van der Waals surface area contributed by atoms with Gasteiger partial charge in [-0.2, -0.15) is 0 Å². The number of hydrogen-bond donors (Lipinski definition) is 2. The van der Waals surface area contributed by atoms with E-state index in [4.69, 9.17) is 5.73 Å². The minimum Gasteiger partial charge on any atom is -0.381 e. The monoisotopic (exact) mass is 406 g/mol. The number of rotatable bonds is 5. The predicted molar refractivity (Wildman–Crippen MR) is 88.4 cm³/mol. The summed E-state index contributed by atoms with van der Waals surface area (Å²) in [4.78, 5) is 5.71. The van der Waals surface area contributed by atoms with Crippen molar-refractivity contribution >= 4 is 59.4 Å². The molecule has 0 aliphatic rings. The smallest absolute Gasteiger partial charge is 0.260 e. The molecule has 0 saturated carbocycles. The van der Waals surface area contributed by atoms with Gasteiger partial charge in [0.2, 0.25) is 0 Å². The molecule has 0 aliphatic carbocycles. The molecule has 10 heteroatoms. The van der Waals surface area contributed by atoms with Crippen molar-refractivity contribution in [2.75, 3.05) is 12.3 Å². The van der Waals surface area contributed by atoms with E-state index in [1.165, 1.54) is 15.7 Å². The van der Waals surface area contributed by atoms with Gasteiger partial charge in [-0.3, -0.25) is 4.40 Å². The maximum atomic E-state index is 12.4. The fourth-order valence-corrected chi connectivity index (χ4v) is 5.41. The molecular formula is C11H11BrN4O2S3. The van der Waals surface area contributed by atoms with Crippen LogP contribution in [-0.2, 0) is 16.4 Å². The zero-order chi connectivity index (χ0) is 15.0. The van der Waals surface area contributed by atoms with Gasteiger partial charge in [-0.15, -0.1) is 22.7 Å². The molecule has 0 unspecified atom stereocenters. The average molecular weight is 407 g/mol. The van der Waals surface area contributed by atoms with Crippen molar-refractivity contribution in [2.24, 2.45) is 0 Å². The number of sulfonamides is 1. The van der Waals surface area contributed by atoms with Crippen LogP contribution < -0.4 is 10.5 Å². The Morgan fingerprint density at radius 2 is 2.24 bits per heavy atom. The normalized spacial score (nSPS) is 12.2. The van der Waals surface area contributed by atoms with Crippen LogP contribution in [-0.4, -0.2) is 24.3 Å². The molecule has 0 spiro atoms. The van der Waals surface area contributed by atoms with E-state index >= 15 is 0 Å². The van der Waals surface area contributed by atoms with Gasteiger partial charge in [0.05, 0.1) is 3.79 Å². The molecule has 0 bridgehead atoms. The highest BCUT2D eigenvalue weighted by atomic mass is 79.9. The van der Waals surface area contributed by atoms with Crippen molar-refractivity contribution in [3.05, 3.63) is 32.4 Å². The van der Waals surface area contributed by atoms with Crippen molar-refractivity contribution in [3.8, 4) is 0 Å². The molecule has 21 heavy (non-hydrogen) atoms. The second kappa shape index (κ2) is 5.69. The van der Waals surface area contributed by atoms with E-state index in [2.05, 4.69) is 25.6 Å². The molecule has 0 aliphatic heterocycles. The first kappa shape index (κ1) is 15.0. The lowest BCUT2D eigenvalue weighted by molar-refractivity contribution is 0.577. The third kappa shape index (κ3) is 2.99. The summed E-state index contributed by atoms with van der Waals surface area (Å²) in [5, 5.41) is 1.77. The summed E-state index contributed by atoms with van der Waals surface area (Å²) in [6, 6.07) is 3.91. The predicted octanol–water partition coefficient (Wildman–Crippen LogP) is 2.32. The van der Waals surface area contributed by atoms with E-state index in [0.29, 0.717) is 17.9 Å². The number of fused-ring (bicyclic) bond motifs is 1. The second-order valence-corrected chi connectivity index (χ2v) is 9.31. The molecule has 3 rings (SSSR count). The molecule has 3 heterocycles. The summed E-state index contributed by atoms with van der Waals surface area (Å²) in [5.74, 6) is 0.0215.